The molecule has 1 aliphatic rings. The van der Waals surface area contributed by atoms with Gasteiger partial charge in [-0.15, -0.1) is 5.10 Å². The zero-order chi connectivity index (χ0) is 10.7. The summed E-state index contributed by atoms with van der Waals surface area (Å²) in [7, 11) is 0. The van der Waals surface area contributed by atoms with Gasteiger partial charge in [0.15, 0.2) is 0 Å². The Morgan fingerprint density at radius 1 is 1.67 bits per heavy atom. The highest BCUT2D eigenvalue weighted by molar-refractivity contribution is 7.03. The molecule has 1 fully saturated rings. The lowest BCUT2D eigenvalue weighted by Crippen LogP contribution is -2.48. The van der Waals surface area contributed by atoms with Gasteiger partial charge in [-0.2, -0.15) is 0 Å². The zero-order valence-electron chi connectivity index (χ0n) is 9.09. The fourth-order valence-electron chi connectivity index (χ4n) is 2.27. The first-order chi connectivity index (χ1) is 7.27. The van der Waals surface area contributed by atoms with E-state index < -0.39 is 0 Å². The summed E-state index contributed by atoms with van der Waals surface area (Å²) in [6.07, 6.45) is 3.80. The Kier molecular flexibility index (Phi) is 3.66. The first-order valence-electron chi connectivity index (χ1n) is 5.53. The van der Waals surface area contributed by atoms with E-state index in [1.165, 1.54) is 30.8 Å². The lowest BCUT2D eigenvalue weighted by molar-refractivity contribution is 0.121. The summed E-state index contributed by atoms with van der Waals surface area (Å²) in [5.41, 5.74) is 7.09. The SMILES string of the molecule is CC(N)C1CCCCN1Cc1csnn1. The van der Waals surface area contributed by atoms with Crippen LogP contribution in [0.4, 0.5) is 0 Å². The fraction of sp³-hybridized carbons (Fsp3) is 0.800. The number of rotatable bonds is 3. The molecule has 2 N–H and O–H groups in total. The highest BCUT2D eigenvalue weighted by Crippen LogP contribution is 2.20. The van der Waals surface area contributed by atoms with Crippen LogP contribution in [0.2, 0.25) is 0 Å². The van der Waals surface area contributed by atoms with Crippen LogP contribution in [0.5, 0.6) is 0 Å². The number of nitrogens with two attached hydrogens (primary N) is 1. The van der Waals surface area contributed by atoms with Crippen LogP contribution in [-0.4, -0.2) is 33.1 Å². The summed E-state index contributed by atoms with van der Waals surface area (Å²) in [6, 6.07) is 0.761. The molecule has 4 nitrogen and oxygen atoms in total. The molecule has 5 heteroatoms. The molecule has 1 aromatic rings. The summed E-state index contributed by atoms with van der Waals surface area (Å²) in [6.45, 7) is 4.15. The van der Waals surface area contributed by atoms with Gasteiger partial charge in [0, 0.05) is 24.0 Å². The van der Waals surface area contributed by atoms with Gasteiger partial charge < -0.3 is 5.73 Å². The van der Waals surface area contributed by atoms with Gasteiger partial charge in [0.05, 0.1) is 5.69 Å². The van der Waals surface area contributed by atoms with Crippen molar-refractivity contribution in [2.45, 2.75) is 44.8 Å². The lowest BCUT2D eigenvalue weighted by atomic mass is 9.97. The van der Waals surface area contributed by atoms with E-state index in [1.807, 2.05) is 5.38 Å². The Bertz CT molecular complexity index is 286. The quantitative estimate of drug-likeness (QED) is 0.842. The Labute approximate surface area is 94.6 Å². The molecule has 1 aromatic heterocycles. The van der Waals surface area contributed by atoms with E-state index in [0.717, 1.165) is 18.8 Å². The standard InChI is InChI=1S/C10H18N4S/c1-8(11)10-4-2-3-5-14(10)6-9-7-15-13-12-9/h7-8,10H,2-6,11H2,1H3. The van der Waals surface area contributed by atoms with E-state index in [1.54, 1.807) is 0 Å². The average Bonchev–Trinajstić information content (AvgIpc) is 2.71. The van der Waals surface area contributed by atoms with Crippen molar-refractivity contribution in [1.82, 2.24) is 14.5 Å². The van der Waals surface area contributed by atoms with Gasteiger partial charge in [-0.25, -0.2) is 0 Å². The number of nitrogens with zero attached hydrogens (tertiary/aromatic N) is 3. The summed E-state index contributed by atoms with van der Waals surface area (Å²) >= 11 is 1.42. The minimum atomic E-state index is 0.247. The molecule has 0 aliphatic carbocycles. The molecule has 0 radical (unpaired) electrons. The molecule has 0 aromatic carbocycles. The van der Waals surface area contributed by atoms with E-state index in [-0.39, 0.29) is 6.04 Å². The third kappa shape index (κ3) is 2.74. The highest BCUT2D eigenvalue weighted by atomic mass is 32.1. The molecule has 1 aliphatic heterocycles. The van der Waals surface area contributed by atoms with Crippen LogP contribution < -0.4 is 5.73 Å². The van der Waals surface area contributed by atoms with Gasteiger partial charge in [0.25, 0.3) is 0 Å². The third-order valence-electron chi connectivity index (χ3n) is 3.04. The van der Waals surface area contributed by atoms with E-state index in [9.17, 15) is 0 Å². The number of hydrogen-bond acceptors (Lipinski definition) is 5. The predicted molar refractivity (Wildman–Crippen MR) is 61.6 cm³/mol. The lowest BCUT2D eigenvalue weighted by Gasteiger charge is -2.37. The molecule has 2 heterocycles. The minimum absolute atomic E-state index is 0.247. The first kappa shape index (κ1) is 11.0. The second-order valence-corrected chi connectivity index (χ2v) is 4.90. The van der Waals surface area contributed by atoms with Crippen LogP contribution >= 0.6 is 11.5 Å². The summed E-state index contributed by atoms with van der Waals surface area (Å²) in [4.78, 5) is 2.45. The average molecular weight is 226 g/mol. The number of piperidine rings is 1. The van der Waals surface area contributed by atoms with E-state index >= 15 is 0 Å². The largest absolute Gasteiger partial charge is 0.327 e. The molecule has 0 spiro atoms. The van der Waals surface area contributed by atoms with Crippen molar-refractivity contribution in [2.24, 2.45) is 5.73 Å². The second kappa shape index (κ2) is 5.01. The Balaban J connectivity index is 1.99. The maximum Gasteiger partial charge on any atom is 0.0895 e. The first-order valence-corrected chi connectivity index (χ1v) is 6.36. The molecule has 15 heavy (non-hydrogen) atoms. The van der Waals surface area contributed by atoms with E-state index in [2.05, 4.69) is 21.4 Å². The maximum atomic E-state index is 6.01. The van der Waals surface area contributed by atoms with Gasteiger partial charge in [0.1, 0.15) is 0 Å². The molecular weight excluding hydrogens is 208 g/mol. The highest BCUT2D eigenvalue weighted by Gasteiger charge is 2.25. The van der Waals surface area contributed by atoms with Gasteiger partial charge in [-0.1, -0.05) is 10.9 Å². The van der Waals surface area contributed by atoms with Gasteiger partial charge in [-0.05, 0) is 37.8 Å². The molecule has 0 bridgehead atoms. The van der Waals surface area contributed by atoms with Crippen molar-refractivity contribution >= 4 is 11.5 Å². The van der Waals surface area contributed by atoms with Gasteiger partial charge in [0.2, 0.25) is 0 Å². The van der Waals surface area contributed by atoms with Crippen molar-refractivity contribution in [3.05, 3.63) is 11.1 Å². The Morgan fingerprint density at radius 3 is 3.20 bits per heavy atom. The van der Waals surface area contributed by atoms with Crippen LogP contribution in [0, 0.1) is 0 Å². The topological polar surface area (TPSA) is 55.0 Å². The predicted octanol–water partition coefficient (Wildman–Crippen LogP) is 1.24. The molecule has 0 saturated carbocycles. The molecular formula is C10H18N4S. The van der Waals surface area contributed by atoms with Crippen molar-refractivity contribution in [1.29, 1.82) is 0 Å². The monoisotopic (exact) mass is 226 g/mol. The molecule has 2 rings (SSSR count). The van der Waals surface area contributed by atoms with Crippen molar-refractivity contribution in [3.63, 3.8) is 0 Å². The number of aromatic nitrogens is 2. The zero-order valence-corrected chi connectivity index (χ0v) is 9.91. The van der Waals surface area contributed by atoms with E-state index in [0.29, 0.717) is 6.04 Å². The van der Waals surface area contributed by atoms with E-state index in [4.69, 9.17) is 5.73 Å². The van der Waals surface area contributed by atoms with Crippen molar-refractivity contribution in [2.75, 3.05) is 6.54 Å². The maximum absolute atomic E-state index is 6.01. The Morgan fingerprint density at radius 2 is 2.53 bits per heavy atom. The third-order valence-corrected chi connectivity index (χ3v) is 3.59. The molecule has 1 saturated heterocycles. The molecule has 84 valence electrons. The Hall–Kier alpha value is -0.520. The summed E-state index contributed by atoms with van der Waals surface area (Å²) in [5, 5.41) is 6.11. The van der Waals surface area contributed by atoms with Crippen LogP contribution in [-0.2, 0) is 6.54 Å². The summed E-state index contributed by atoms with van der Waals surface area (Å²) < 4.78 is 3.89. The molecule has 2 atom stereocenters. The normalized spacial score (nSPS) is 25.3. The fourth-order valence-corrected chi connectivity index (χ4v) is 2.71. The number of hydrogen-bond donors (Lipinski definition) is 1. The van der Waals surface area contributed by atoms with Crippen LogP contribution in [0.15, 0.2) is 5.38 Å². The minimum Gasteiger partial charge on any atom is -0.327 e. The smallest absolute Gasteiger partial charge is 0.0895 e. The van der Waals surface area contributed by atoms with Crippen molar-refractivity contribution < 1.29 is 0 Å². The molecule has 2 unspecified atom stereocenters. The van der Waals surface area contributed by atoms with Crippen LogP contribution in [0.25, 0.3) is 0 Å². The molecule has 0 amide bonds. The van der Waals surface area contributed by atoms with Gasteiger partial charge in [-0.3, -0.25) is 4.90 Å². The van der Waals surface area contributed by atoms with Crippen LogP contribution in [0.1, 0.15) is 31.9 Å². The second-order valence-electron chi connectivity index (χ2n) is 4.29. The van der Waals surface area contributed by atoms with Gasteiger partial charge >= 0.3 is 0 Å². The number of likely N-dealkylation sites (tertiary alicyclic amines) is 1. The van der Waals surface area contributed by atoms with Crippen LogP contribution in [0.3, 0.4) is 0 Å². The summed E-state index contributed by atoms with van der Waals surface area (Å²) in [5.74, 6) is 0. The van der Waals surface area contributed by atoms with Crippen molar-refractivity contribution in [3.8, 4) is 0 Å².